The largest absolute Gasteiger partial charge is 0.480 e. The van der Waals surface area contributed by atoms with Crippen LogP contribution in [0.3, 0.4) is 0 Å². The van der Waals surface area contributed by atoms with Crippen LogP contribution in [0.4, 0.5) is 0 Å². The fraction of sp³-hybridized carbons (Fsp3) is 0.222. The summed E-state index contributed by atoms with van der Waals surface area (Å²) in [5, 5.41) is 12.9. The fourth-order valence-corrected chi connectivity index (χ4v) is 3.02. The van der Waals surface area contributed by atoms with E-state index in [0.29, 0.717) is 12.2 Å². The molecule has 3 rings (SSSR count). The summed E-state index contributed by atoms with van der Waals surface area (Å²) in [6, 6.07) is 7.94. The zero-order valence-electron chi connectivity index (χ0n) is 13.5. The lowest BCUT2D eigenvalue weighted by atomic mass is 10.0. The Morgan fingerprint density at radius 2 is 2.12 bits per heavy atom. The molecule has 6 nitrogen and oxygen atoms in total. The van der Waals surface area contributed by atoms with Gasteiger partial charge >= 0.3 is 5.97 Å². The summed E-state index contributed by atoms with van der Waals surface area (Å²) >= 11 is 3.41. The molecule has 130 valence electrons. The average Bonchev–Trinajstić information content (AvgIpc) is 3.21. The van der Waals surface area contributed by atoms with Crippen molar-refractivity contribution in [3.8, 4) is 0 Å². The van der Waals surface area contributed by atoms with Crippen LogP contribution < -0.4 is 5.32 Å². The highest BCUT2D eigenvalue weighted by Gasteiger charge is 2.24. The number of halogens is 1. The van der Waals surface area contributed by atoms with Crippen LogP contribution in [0, 0.1) is 0 Å². The molecule has 3 N–H and O–H groups in total. The third kappa shape index (κ3) is 3.76. The molecule has 0 aliphatic heterocycles. The maximum atomic E-state index is 12.3. The molecule has 7 heteroatoms. The topological polar surface area (TPSA) is 95.3 Å². The van der Waals surface area contributed by atoms with Crippen LogP contribution in [0.1, 0.15) is 28.8 Å². The van der Waals surface area contributed by atoms with Gasteiger partial charge in [-0.3, -0.25) is 4.79 Å². The third-order valence-corrected chi connectivity index (χ3v) is 4.48. The number of carboxylic acids is 1. The molecule has 0 spiro atoms. The Kier molecular flexibility index (Phi) is 4.94. The second-order valence-electron chi connectivity index (χ2n) is 5.69. The zero-order chi connectivity index (χ0) is 18.0. The van der Waals surface area contributed by atoms with Gasteiger partial charge in [-0.05, 0) is 35.9 Å². The van der Waals surface area contributed by atoms with Gasteiger partial charge < -0.3 is 19.8 Å². The summed E-state index contributed by atoms with van der Waals surface area (Å²) in [7, 11) is 0. The normalized spacial score (nSPS) is 12.2. The molecule has 0 aliphatic rings. The summed E-state index contributed by atoms with van der Waals surface area (Å²) < 4.78 is 6.28. The standard InChI is InChI=1S/C18H17BrN2O4/c1-2-12-4-6-16(25-12)17(22)21-15(18(23)24)7-10-9-20-14-5-3-11(19)8-13(10)14/h3-6,8-9,15,20H,2,7H2,1H3,(H,21,22)(H,23,24). The van der Waals surface area contributed by atoms with E-state index < -0.39 is 17.9 Å². The number of nitrogens with one attached hydrogen (secondary N) is 2. The van der Waals surface area contributed by atoms with Crippen molar-refractivity contribution in [3.05, 3.63) is 58.1 Å². The second-order valence-corrected chi connectivity index (χ2v) is 6.61. The number of furan rings is 1. The van der Waals surface area contributed by atoms with E-state index in [1.807, 2.05) is 25.1 Å². The number of aromatic nitrogens is 1. The quantitative estimate of drug-likeness (QED) is 0.585. The molecule has 0 fully saturated rings. The molecule has 1 aromatic carbocycles. The zero-order valence-corrected chi connectivity index (χ0v) is 15.1. The highest BCUT2D eigenvalue weighted by molar-refractivity contribution is 9.10. The van der Waals surface area contributed by atoms with Gasteiger partial charge in [0.15, 0.2) is 5.76 Å². The molecule has 1 atom stereocenters. The number of aliphatic carboxylic acids is 1. The van der Waals surface area contributed by atoms with Gasteiger partial charge in [-0.15, -0.1) is 0 Å². The highest BCUT2D eigenvalue weighted by Crippen LogP contribution is 2.23. The number of fused-ring (bicyclic) bond motifs is 1. The van der Waals surface area contributed by atoms with E-state index in [9.17, 15) is 14.7 Å². The van der Waals surface area contributed by atoms with Gasteiger partial charge in [0.05, 0.1) is 0 Å². The summed E-state index contributed by atoms with van der Waals surface area (Å²) in [5.41, 5.74) is 1.73. The van der Waals surface area contributed by atoms with Crippen molar-refractivity contribution in [2.24, 2.45) is 0 Å². The minimum atomic E-state index is -1.10. The monoisotopic (exact) mass is 404 g/mol. The second kappa shape index (κ2) is 7.14. The molecule has 3 aromatic rings. The van der Waals surface area contributed by atoms with E-state index in [1.165, 1.54) is 0 Å². The van der Waals surface area contributed by atoms with Crippen molar-refractivity contribution in [2.75, 3.05) is 0 Å². The Balaban J connectivity index is 1.80. The van der Waals surface area contributed by atoms with Gasteiger partial charge in [0.2, 0.25) is 0 Å². The van der Waals surface area contributed by atoms with Crippen LogP contribution >= 0.6 is 15.9 Å². The lowest BCUT2D eigenvalue weighted by Crippen LogP contribution is -2.42. The molecule has 0 bridgehead atoms. The Hall–Kier alpha value is -2.54. The molecule has 0 saturated carbocycles. The predicted octanol–water partition coefficient (Wildman–Crippen LogP) is 3.51. The summed E-state index contributed by atoms with van der Waals surface area (Å²) in [6.45, 7) is 1.91. The number of rotatable bonds is 6. The number of aromatic amines is 1. The number of aryl methyl sites for hydroxylation is 1. The Labute approximate surface area is 152 Å². The summed E-state index contributed by atoms with van der Waals surface area (Å²) in [6.07, 6.45) is 2.60. The lowest BCUT2D eigenvalue weighted by molar-refractivity contribution is -0.139. The minimum absolute atomic E-state index is 0.116. The van der Waals surface area contributed by atoms with Crippen molar-refractivity contribution in [3.63, 3.8) is 0 Å². The highest BCUT2D eigenvalue weighted by atomic mass is 79.9. The number of carbonyl (C=O) groups is 2. The first-order valence-corrected chi connectivity index (χ1v) is 8.65. The molecule has 1 amide bonds. The lowest BCUT2D eigenvalue weighted by Gasteiger charge is -2.13. The molecule has 2 aromatic heterocycles. The molecule has 0 aliphatic carbocycles. The van der Waals surface area contributed by atoms with Gasteiger partial charge in [0, 0.05) is 34.4 Å². The number of carboxylic acid groups (broad SMARTS) is 1. The van der Waals surface area contributed by atoms with Crippen molar-refractivity contribution >= 4 is 38.7 Å². The van der Waals surface area contributed by atoms with Crippen LogP contribution in [0.2, 0.25) is 0 Å². The fourth-order valence-electron chi connectivity index (χ4n) is 2.66. The Morgan fingerprint density at radius 3 is 2.80 bits per heavy atom. The Morgan fingerprint density at radius 1 is 1.32 bits per heavy atom. The van der Waals surface area contributed by atoms with E-state index in [-0.39, 0.29) is 12.2 Å². The maximum Gasteiger partial charge on any atom is 0.326 e. The van der Waals surface area contributed by atoms with E-state index in [2.05, 4.69) is 26.2 Å². The summed E-state index contributed by atoms with van der Waals surface area (Å²) in [4.78, 5) is 27.0. The van der Waals surface area contributed by atoms with Gasteiger partial charge in [0.25, 0.3) is 5.91 Å². The van der Waals surface area contributed by atoms with Crippen LogP contribution in [0.5, 0.6) is 0 Å². The van der Waals surface area contributed by atoms with E-state index in [1.54, 1.807) is 18.3 Å². The maximum absolute atomic E-state index is 12.3. The van der Waals surface area contributed by atoms with Crippen molar-refractivity contribution in [1.29, 1.82) is 0 Å². The molecule has 25 heavy (non-hydrogen) atoms. The van der Waals surface area contributed by atoms with Gasteiger partial charge in [-0.2, -0.15) is 0 Å². The number of amides is 1. The van der Waals surface area contributed by atoms with Crippen LogP contribution in [-0.2, 0) is 17.6 Å². The average molecular weight is 405 g/mol. The van der Waals surface area contributed by atoms with E-state index in [0.717, 1.165) is 20.9 Å². The third-order valence-electron chi connectivity index (χ3n) is 3.99. The predicted molar refractivity (Wildman–Crippen MR) is 96.7 cm³/mol. The number of H-pyrrole nitrogens is 1. The first-order valence-electron chi connectivity index (χ1n) is 7.85. The van der Waals surface area contributed by atoms with Crippen molar-refractivity contribution < 1.29 is 19.1 Å². The molecular weight excluding hydrogens is 388 g/mol. The SMILES string of the molecule is CCc1ccc(C(=O)NC(Cc2c[nH]c3ccc(Br)cc23)C(=O)O)o1. The van der Waals surface area contributed by atoms with Crippen LogP contribution in [-0.4, -0.2) is 28.0 Å². The van der Waals surface area contributed by atoms with Crippen molar-refractivity contribution in [2.45, 2.75) is 25.8 Å². The van der Waals surface area contributed by atoms with Crippen LogP contribution in [0.15, 0.2) is 45.4 Å². The van der Waals surface area contributed by atoms with E-state index in [4.69, 9.17) is 4.42 Å². The Bertz CT molecular complexity index is 928. The number of hydrogen-bond acceptors (Lipinski definition) is 3. The molecule has 0 saturated heterocycles. The first-order chi connectivity index (χ1) is 12.0. The van der Waals surface area contributed by atoms with Crippen LogP contribution in [0.25, 0.3) is 10.9 Å². The molecule has 0 radical (unpaired) electrons. The molecular formula is C18H17BrN2O4. The van der Waals surface area contributed by atoms with E-state index >= 15 is 0 Å². The number of benzene rings is 1. The molecule has 2 heterocycles. The molecule has 1 unspecified atom stereocenters. The number of hydrogen-bond donors (Lipinski definition) is 3. The summed E-state index contributed by atoms with van der Waals surface area (Å²) in [5.74, 6) is -0.837. The van der Waals surface area contributed by atoms with Gasteiger partial charge in [0.1, 0.15) is 11.8 Å². The number of carbonyl (C=O) groups excluding carboxylic acids is 1. The van der Waals surface area contributed by atoms with Gasteiger partial charge in [-0.25, -0.2) is 4.79 Å². The van der Waals surface area contributed by atoms with Gasteiger partial charge in [-0.1, -0.05) is 22.9 Å². The first kappa shape index (κ1) is 17.3. The smallest absolute Gasteiger partial charge is 0.326 e. The minimum Gasteiger partial charge on any atom is -0.480 e. The van der Waals surface area contributed by atoms with Crippen molar-refractivity contribution in [1.82, 2.24) is 10.3 Å².